The zero-order chi connectivity index (χ0) is 16.3. The fourth-order valence-corrected chi connectivity index (χ4v) is 2.00. The molecule has 0 unspecified atom stereocenters. The first-order chi connectivity index (χ1) is 10.3. The Balaban J connectivity index is 0.000000309. The monoisotopic (exact) mass is 363 g/mol. The van der Waals surface area contributed by atoms with Crippen LogP contribution in [0.15, 0.2) is 54.6 Å². The number of amides is 2. The molecule has 0 aromatic heterocycles. The van der Waals surface area contributed by atoms with Gasteiger partial charge in [-0.2, -0.15) is 0 Å². The minimum absolute atomic E-state index is 0.253. The number of nitrogens with zero attached hydrogens (tertiary/aromatic N) is 1. The fraction of sp³-hybridized carbons (Fsp3) is 0.0667. The smallest absolute Gasteiger partial charge is 0.266 e. The second-order valence-corrected chi connectivity index (χ2v) is 8.17. The summed E-state index contributed by atoms with van der Waals surface area (Å²) in [5.74, 6) is -0.506. The van der Waals surface area contributed by atoms with Crippen LogP contribution in [0.2, 0.25) is 5.71 Å². The van der Waals surface area contributed by atoms with E-state index in [4.69, 9.17) is 8.19 Å². The van der Waals surface area contributed by atoms with Crippen LogP contribution < -0.4 is 4.90 Å². The molecule has 7 heteroatoms. The average Bonchev–Trinajstić information content (AvgIpc) is 2.71. The Morgan fingerprint density at radius 1 is 0.818 bits per heavy atom. The van der Waals surface area contributed by atoms with Crippen LogP contribution in [0.4, 0.5) is 5.69 Å². The van der Waals surface area contributed by atoms with Crippen molar-refractivity contribution in [2.45, 2.75) is 5.71 Å². The van der Waals surface area contributed by atoms with Crippen LogP contribution in [-0.2, 0) is 3.74 Å². The second-order valence-electron chi connectivity index (χ2n) is 4.66. The zero-order valence-corrected chi connectivity index (χ0v) is 13.6. The van der Waals surface area contributed by atoms with Gasteiger partial charge in [0.15, 0.2) is 0 Å². The van der Waals surface area contributed by atoms with Crippen molar-refractivity contribution in [1.82, 2.24) is 0 Å². The van der Waals surface area contributed by atoms with Crippen molar-refractivity contribution in [3.8, 4) is 0 Å². The number of rotatable bonds is 1. The quantitative estimate of drug-likeness (QED) is 0.591. The molecule has 6 nitrogen and oxygen atoms in total. The number of para-hydroxylation sites is 1. The molecule has 0 aliphatic carbocycles. The fourth-order valence-electron chi connectivity index (χ4n) is 2.00. The summed E-state index contributed by atoms with van der Waals surface area (Å²) in [5.41, 5.74) is 2.47. The maximum atomic E-state index is 12.1. The molecule has 2 amide bonds. The molecule has 0 bridgehead atoms. The van der Waals surface area contributed by atoms with Gasteiger partial charge in [0.1, 0.15) is 0 Å². The van der Waals surface area contributed by atoms with Gasteiger partial charge in [0, 0.05) is 0 Å². The third kappa shape index (κ3) is 3.74. The van der Waals surface area contributed by atoms with Crippen LogP contribution in [0, 0.1) is 0 Å². The first kappa shape index (κ1) is 16.2. The Hall–Kier alpha value is -2.14. The van der Waals surface area contributed by atoms with E-state index in [0.29, 0.717) is 16.8 Å². The standard InChI is InChI=1S/C14H9NO2.CH5AsO3/c16-13-11-8-4-5-9-12(11)14(17)15(13)10-6-2-1-3-7-10;1-2(3,4)5/h1-9H;1H3,(H2,3,4,5). The number of benzene rings is 2. The van der Waals surface area contributed by atoms with Gasteiger partial charge in [-0.25, -0.2) is 4.90 Å². The van der Waals surface area contributed by atoms with Crippen molar-refractivity contribution in [2.24, 2.45) is 0 Å². The minimum Gasteiger partial charge on any atom is -0.268 e. The number of imide groups is 1. The minimum atomic E-state index is -4.12. The maximum Gasteiger partial charge on any atom is 0.266 e. The number of anilines is 1. The summed E-state index contributed by atoms with van der Waals surface area (Å²) in [7, 11) is 0. The predicted molar refractivity (Wildman–Crippen MR) is 80.8 cm³/mol. The average molecular weight is 363 g/mol. The van der Waals surface area contributed by atoms with Crippen molar-refractivity contribution in [2.75, 3.05) is 4.90 Å². The van der Waals surface area contributed by atoms with E-state index in [9.17, 15) is 13.3 Å². The first-order valence-electron chi connectivity index (χ1n) is 6.35. The molecule has 0 saturated carbocycles. The predicted octanol–water partition coefficient (Wildman–Crippen LogP) is 1.46. The largest absolute Gasteiger partial charge is 0.268 e. The van der Waals surface area contributed by atoms with Gasteiger partial charge in [-0.15, -0.1) is 0 Å². The topological polar surface area (TPSA) is 94.9 Å². The van der Waals surface area contributed by atoms with Crippen molar-refractivity contribution in [3.05, 3.63) is 65.7 Å². The molecule has 0 saturated heterocycles. The van der Waals surface area contributed by atoms with E-state index in [2.05, 4.69) is 0 Å². The summed E-state index contributed by atoms with van der Waals surface area (Å²) in [6.45, 7) is 0. The van der Waals surface area contributed by atoms with E-state index in [1.165, 1.54) is 4.90 Å². The first-order valence-corrected chi connectivity index (χ1v) is 10.7. The van der Waals surface area contributed by atoms with E-state index < -0.39 is 14.2 Å². The zero-order valence-electron chi connectivity index (χ0n) is 11.7. The summed E-state index contributed by atoms with van der Waals surface area (Å²) in [4.78, 5) is 25.4. The molecule has 2 N–H and O–H groups in total. The molecular formula is C15H14AsNO5. The van der Waals surface area contributed by atoms with E-state index in [1.807, 2.05) is 6.07 Å². The molecule has 114 valence electrons. The molecule has 2 aromatic rings. The Morgan fingerprint density at radius 2 is 1.18 bits per heavy atom. The number of hydrogen-bond acceptors (Lipinski definition) is 3. The summed E-state index contributed by atoms with van der Waals surface area (Å²) in [6, 6.07) is 15.8. The van der Waals surface area contributed by atoms with Crippen molar-refractivity contribution >= 4 is 31.7 Å². The molecule has 1 aliphatic rings. The van der Waals surface area contributed by atoms with E-state index in [1.54, 1.807) is 48.5 Å². The van der Waals surface area contributed by atoms with Gasteiger partial charge in [-0.1, -0.05) is 30.3 Å². The van der Waals surface area contributed by atoms with Gasteiger partial charge in [0.05, 0.1) is 16.8 Å². The molecule has 22 heavy (non-hydrogen) atoms. The van der Waals surface area contributed by atoms with E-state index >= 15 is 0 Å². The molecule has 3 rings (SSSR count). The summed E-state index contributed by atoms with van der Waals surface area (Å²) < 4.78 is 24.8. The molecule has 1 aliphatic heterocycles. The van der Waals surface area contributed by atoms with Crippen molar-refractivity contribution in [3.63, 3.8) is 0 Å². The van der Waals surface area contributed by atoms with Crippen LogP contribution >= 0.6 is 0 Å². The van der Waals surface area contributed by atoms with Gasteiger partial charge in [0.25, 0.3) is 11.8 Å². The van der Waals surface area contributed by atoms with Gasteiger partial charge in [0.2, 0.25) is 0 Å². The Bertz CT molecular complexity index is 710. The molecule has 0 atom stereocenters. The summed E-state index contributed by atoms with van der Waals surface area (Å²) in [6.07, 6.45) is 0. The molecule has 0 fully saturated rings. The molecule has 1 heterocycles. The third-order valence-corrected chi connectivity index (χ3v) is 2.81. The van der Waals surface area contributed by atoms with Crippen LogP contribution in [0.25, 0.3) is 0 Å². The third-order valence-electron chi connectivity index (χ3n) is 2.81. The Kier molecular flexibility index (Phi) is 4.66. The van der Waals surface area contributed by atoms with Crippen LogP contribution in [0.5, 0.6) is 0 Å². The van der Waals surface area contributed by atoms with Crippen LogP contribution in [0.1, 0.15) is 20.7 Å². The number of carbonyl (C=O) groups is 2. The van der Waals surface area contributed by atoms with Crippen molar-refractivity contribution < 1.29 is 21.5 Å². The number of fused-ring (bicyclic) bond motifs is 1. The molecular weight excluding hydrogens is 349 g/mol. The Labute approximate surface area is 130 Å². The summed E-state index contributed by atoms with van der Waals surface area (Å²) in [5, 5.41) is 0. The van der Waals surface area contributed by atoms with Gasteiger partial charge >= 0.3 is 31.8 Å². The van der Waals surface area contributed by atoms with Gasteiger partial charge < -0.3 is 0 Å². The van der Waals surface area contributed by atoms with Crippen LogP contribution in [0.3, 0.4) is 0 Å². The SMILES string of the molecule is C[As](=O)(O)O.O=C1c2ccccc2C(=O)N1c1ccccc1. The van der Waals surface area contributed by atoms with Crippen LogP contribution in [-0.4, -0.2) is 34.2 Å². The maximum absolute atomic E-state index is 12.1. The van der Waals surface area contributed by atoms with Gasteiger partial charge in [-0.3, -0.25) is 9.59 Å². The van der Waals surface area contributed by atoms with Gasteiger partial charge in [-0.05, 0) is 24.3 Å². The van der Waals surface area contributed by atoms with E-state index in [0.717, 1.165) is 5.71 Å². The number of carbonyl (C=O) groups excluding carboxylic acids is 2. The molecule has 0 spiro atoms. The normalized spacial score (nSPS) is 13.5. The van der Waals surface area contributed by atoms with Crippen molar-refractivity contribution in [1.29, 1.82) is 0 Å². The number of hydrogen-bond donors (Lipinski definition) is 2. The summed E-state index contributed by atoms with van der Waals surface area (Å²) >= 11 is -4.12. The van der Waals surface area contributed by atoms with E-state index in [-0.39, 0.29) is 11.8 Å². The molecule has 2 aromatic carbocycles. The molecule has 0 radical (unpaired) electrons. The Morgan fingerprint density at radius 3 is 1.59 bits per heavy atom. The second kappa shape index (κ2) is 6.32.